The molecule has 5 rings (SSSR count). The van der Waals surface area contributed by atoms with Gasteiger partial charge in [-0.3, -0.25) is 9.36 Å². The number of methoxy groups -OCH3 is 1. The third-order valence-corrected chi connectivity index (χ3v) is 6.62. The van der Waals surface area contributed by atoms with Gasteiger partial charge < -0.3 is 24.0 Å². The second kappa shape index (κ2) is 11.8. The van der Waals surface area contributed by atoms with Gasteiger partial charge in [0.25, 0.3) is 5.91 Å². The molecule has 1 aromatic heterocycles. The van der Waals surface area contributed by atoms with Gasteiger partial charge in [0.15, 0.2) is 23.9 Å². The Bertz CT molecular complexity index is 1340. The molecule has 3 heterocycles. The minimum atomic E-state index is -0.0422. The molecule has 0 unspecified atom stereocenters. The summed E-state index contributed by atoms with van der Waals surface area (Å²) in [5.41, 5.74) is 1.94. The SMILES string of the molecule is COc1cc(/C=C(/C#N)c2nnc(N3CCOCC3)n2-c2ccccc2)ccc1OCC(=O)N1CCCC1. The largest absolute Gasteiger partial charge is 0.493 e. The Morgan fingerprint density at radius 1 is 1.05 bits per heavy atom. The molecule has 2 fully saturated rings. The molecule has 0 aliphatic carbocycles. The number of benzene rings is 2. The molecule has 0 saturated carbocycles. The Balaban J connectivity index is 1.44. The van der Waals surface area contributed by atoms with Crippen LogP contribution in [-0.2, 0) is 9.53 Å². The number of carbonyl (C=O) groups is 1. The van der Waals surface area contributed by atoms with Crippen molar-refractivity contribution < 1.29 is 19.0 Å². The minimum Gasteiger partial charge on any atom is -0.493 e. The highest BCUT2D eigenvalue weighted by Gasteiger charge is 2.24. The van der Waals surface area contributed by atoms with Crippen LogP contribution in [0.1, 0.15) is 24.2 Å². The molecule has 0 bridgehead atoms. The normalized spacial score (nSPS) is 15.8. The van der Waals surface area contributed by atoms with E-state index in [0.717, 1.165) is 37.2 Å². The van der Waals surface area contributed by atoms with Gasteiger partial charge in [-0.05, 0) is 48.7 Å². The number of ether oxygens (including phenoxy) is 3. The molecule has 0 spiro atoms. The first-order chi connectivity index (χ1) is 18.7. The summed E-state index contributed by atoms with van der Waals surface area (Å²) in [4.78, 5) is 16.3. The number of hydrogen-bond acceptors (Lipinski definition) is 8. The summed E-state index contributed by atoms with van der Waals surface area (Å²) in [5.74, 6) is 2.02. The predicted octanol–water partition coefficient (Wildman–Crippen LogP) is 3.18. The summed E-state index contributed by atoms with van der Waals surface area (Å²) in [6, 6.07) is 17.4. The molecule has 3 aromatic rings. The van der Waals surface area contributed by atoms with Crippen LogP contribution in [0.4, 0.5) is 5.95 Å². The smallest absolute Gasteiger partial charge is 0.260 e. The Morgan fingerprint density at radius 3 is 2.53 bits per heavy atom. The predicted molar refractivity (Wildman–Crippen MR) is 142 cm³/mol. The maximum absolute atomic E-state index is 12.4. The molecule has 2 aliphatic rings. The van der Waals surface area contributed by atoms with Gasteiger partial charge in [-0.1, -0.05) is 24.3 Å². The van der Waals surface area contributed by atoms with Crippen LogP contribution in [0.5, 0.6) is 11.5 Å². The summed E-state index contributed by atoms with van der Waals surface area (Å²) in [6.07, 6.45) is 3.81. The number of allylic oxidation sites excluding steroid dienone is 1. The average Bonchev–Trinajstić information content (AvgIpc) is 3.67. The Labute approximate surface area is 221 Å². The Morgan fingerprint density at radius 2 is 1.82 bits per heavy atom. The van der Waals surface area contributed by atoms with Gasteiger partial charge in [-0.15, -0.1) is 10.2 Å². The first-order valence-corrected chi connectivity index (χ1v) is 12.7. The van der Waals surface area contributed by atoms with Crippen molar-refractivity contribution in [3.63, 3.8) is 0 Å². The molecule has 0 atom stereocenters. The van der Waals surface area contributed by atoms with Crippen LogP contribution < -0.4 is 14.4 Å². The monoisotopic (exact) mass is 514 g/mol. The van der Waals surface area contributed by atoms with Gasteiger partial charge in [0.05, 0.1) is 31.6 Å². The summed E-state index contributed by atoms with van der Waals surface area (Å²) < 4.78 is 18.7. The first-order valence-electron chi connectivity index (χ1n) is 12.7. The summed E-state index contributed by atoms with van der Waals surface area (Å²) in [7, 11) is 1.55. The van der Waals surface area contributed by atoms with Crippen molar-refractivity contribution in [1.82, 2.24) is 19.7 Å². The van der Waals surface area contributed by atoms with E-state index in [-0.39, 0.29) is 12.5 Å². The number of para-hydroxylation sites is 1. The van der Waals surface area contributed by atoms with E-state index < -0.39 is 0 Å². The van der Waals surface area contributed by atoms with Crippen molar-refractivity contribution in [2.75, 3.05) is 58.0 Å². The van der Waals surface area contributed by atoms with E-state index in [4.69, 9.17) is 14.2 Å². The average molecular weight is 515 g/mol. The lowest BCUT2D eigenvalue weighted by molar-refractivity contribution is -0.132. The summed E-state index contributed by atoms with van der Waals surface area (Å²) >= 11 is 0. The molecule has 38 heavy (non-hydrogen) atoms. The van der Waals surface area contributed by atoms with E-state index in [1.54, 1.807) is 25.3 Å². The lowest BCUT2D eigenvalue weighted by Gasteiger charge is -2.28. The number of nitriles is 1. The van der Waals surface area contributed by atoms with E-state index in [0.29, 0.717) is 55.1 Å². The number of carbonyl (C=O) groups excluding carboxylic acids is 1. The van der Waals surface area contributed by atoms with Crippen molar-refractivity contribution >= 4 is 23.5 Å². The van der Waals surface area contributed by atoms with Crippen molar-refractivity contribution in [2.24, 2.45) is 0 Å². The third kappa shape index (κ3) is 5.48. The highest BCUT2D eigenvalue weighted by atomic mass is 16.5. The van der Waals surface area contributed by atoms with Crippen LogP contribution in [0.2, 0.25) is 0 Å². The van der Waals surface area contributed by atoms with E-state index in [1.807, 2.05) is 45.9 Å². The number of aromatic nitrogens is 3. The van der Waals surface area contributed by atoms with Crippen molar-refractivity contribution in [3.05, 3.63) is 59.9 Å². The molecule has 10 heteroatoms. The zero-order valence-corrected chi connectivity index (χ0v) is 21.4. The van der Waals surface area contributed by atoms with Gasteiger partial charge in [0.2, 0.25) is 5.95 Å². The van der Waals surface area contributed by atoms with Gasteiger partial charge in [0, 0.05) is 26.2 Å². The second-order valence-electron chi connectivity index (χ2n) is 9.05. The molecule has 0 N–H and O–H groups in total. The Hall–Kier alpha value is -4.36. The molecule has 2 aliphatic heterocycles. The molecular weight excluding hydrogens is 484 g/mol. The maximum atomic E-state index is 12.4. The lowest BCUT2D eigenvalue weighted by Crippen LogP contribution is -2.38. The zero-order valence-electron chi connectivity index (χ0n) is 21.4. The van der Waals surface area contributed by atoms with Gasteiger partial charge >= 0.3 is 0 Å². The van der Waals surface area contributed by atoms with Crippen LogP contribution in [-0.4, -0.2) is 78.7 Å². The van der Waals surface area contributed by atoms with Gasteiger partial charge in [0.1, 0.15) is 6.07 Å². The molecule has 1 amide bonds. The van der Waals surface area contributed by atoms with Crippen molar-refractivity contribution in [3.8, 4) is 23.3 Å². The zero-order chi connectivity index (χ0) is 26.3. The highest BCUT2D eigenvalue weighted by molar-refractivity contribution is 5.88. The number of rotatable bonds is 8. The first kappa shape index (κ1) is 25.3. The molecule has 10 nitrogen and oxygen atoms in total. The number of likely N-dealkylation sites (tertiary alicyclic amines) is 1. The summed E-state index contributed by atoms with van der Waals surface area (Å²) in [6.45, 7) is 4.11. The third-order valence-electron chi connectivity index (χ3n) is 6.62. The van der Waals surface area contributed by atoms with E-state index >= 15 is 0 Å². The fourth-order valence-electron chi connectivity index (χ4n) is 4.64. The summed E-state index contributed by atoms with van der Waals surface area (Å²) in [5, 5.41) is 19.0. The fraction of sp³-hybridized carbons (Fsp3) is 0.357. The molecule has 0 radical (unpaired) electrons. The fourth-order valence-corrected chi connectivity index (χ4v) is 4.64. The number of hydrogen-bond donors (Lipinski definition) is 0. The second-order valence-corrected chi connectivity index (χ2v) is 9.05. The molecular formula is C28H30N6O4. The van der Waals surface area contributed by atoms with Gasteiger partial charge in [-0.2, -0.15) is 5.26 Å². The van der Waals surface area contributed by atoms with Gasteiger partial charge in [-0.25, -0.2) is 0 Å². The number of anilines is 1. The van der Waals surface area contributed by atoms with E-state index in [2.05, 4.69) is 21.2 Å². The number of nitrogens with zero attached hydrogens (tertiary/aromatic N) is 6. The Kier molecular flexibility index (Phi) is 7.85. The standard InChI is InChI=1S/C28H30N6O4/c1-36-25-18-21(9-10-24(25)38-20-26(35)32-11-5-6-12-32)17-22(19-29)27-30-31-28(33-13-15-37-16-14-33)34(27)23-7-3-2-4-8-23/h2-4,7-10,17-18H,5-6,11-16,20H2,1H3/b22-17-. The van der Waals surface area contributed by atoms with Crippen LogP contribution in [0.15, 0.2) is 48.5 Å². The van der Waals surface area contributed by atoms with E-state index in [9.17, 15) is 10.1 Å². The van der Waals surface area contributed by atoms with Crippen molar-refractivity contribution in [1.29, 1.82) is 5.26 Å². The van der Waals surface area contributed by atoms with Crippen LogP contribution in [0.25, 0.3) is 17.3 Å². The molecule has 196 valence electrons. The number of morpholine rings is 1. The minimum absolute atomic E-state index is 0.0309. The lowest BCUT2D eigenvalue weighted by atomic mass is 10.1. The quantitative estimate of drug-likeness (QED) is 0.422. The molecule has 2 saturated heterocycles. The van der Waals surface area contributed by atoms with Crippen LogP contribution >= 0.6 is 0 Å². The molecule has 2 aromatic carbocycles. The van der Waals surface area contributed by atoms with E-state index in [1.165, 1.54) is 0 Å². The maximum Gasteiger partial charge on any atom is 0.260 e. The topological polar surface area (TPSA) is 106 Å². The van der Waals surface area contributed by atoms with Crippen molar-refractivity contribution in [2.45, 2.75) is 12.8 Å². The number of amides is 1. The van der Waals surface area contributed by atoms with Crippen LogP contribution in [0.3, 0.4) is 0 Å². The highest BCUT2D eigenvalue weighted by Crippen LogP contribution is 2.31. The van der Waals surface area contributed by atoms with Crippen LogP contribution in [0, 0.1) is 11.3 Å².